The van der Waals surface area contributed by atoms with Gasteiger partial charge in [0.15, 0.2) is 0 Å². The molecular formula is C17H25N3O. The van der Waals surface area contributed by atoms with Crippen molar-refractivity contribution >= 4 is 0 Å². The average Bonchev–Trinajstić information content (AvgIpc) is 2.93. The van der Waals surface area contributed by atoms with E-state index in [9.17, 15) is 0 Å². The predicted molar refractivity (Wildman–Crippen MR) is 85.6 cm³/mol. The van der Waals surface area contributed by atoms with Crippen LogP contribution in [0.1, 0.15) is 44.9 Å². The van der Waals surface area contributed by atoms with Crippen LogP contribution < -0.4 is 10.1 Å². The van der Waals surface area contributed by atoms with Gasteiger partial charge in [0.05, 0.1) is 18.3 Å². The van der Waals surface area contributed by atoms with Gasteiger partial charge in [-0.25, -0.2) is 0 Å². The first-order valence-corrected chi connectivity index (χ1v) is 7.66. The van der Waals surface area contributed by atoms with E-state index in [1.165, 1.54) is 11.1 Å². The molecule has 1 N–H and O–H groups in total. The standard InChI is InChI=1S/C17H25N3O/c1-5-18-17(15-11-19-20(6-2)12-15)14-8-7-9-16(10-14)21-13(3)4/h7-13,17-18H,5-6H2,1-4H3. The van der Waals surface area contributed by atoms with Crippen LogP contribution in [0, 0.1) is 0 Å². The van der Waals surface area contributed by atoms with E-state index in [1.54, 1.807) is 0 Å². The lowest BCUT2D eigenvalue weighted by molar-refractivity contribution is 0.242. The quantitative estimate of drug-likeness (QED) is 0.848. The van der Waals surface area contributed by atoms with Crippen LogP contribution in [0.2, 0.25) is 0 Å². The molecule has 4 nitrogen and oxygen atoms in total. The zero-order valence-electron chi connectivity index (χ0n) is 13.3. The van der Waals surface area contributed by atoms with Crippen LogP contribution in [-0.4, -0.2) is 22.4 Å². The largest absolute Gasteiger partial charge is 0.491 e. The molecule has 0 saturated carbocycles. The zero-order chi connectivity index (χ0) is 15.2. The molecule has 0 fully saturated rings. The molecule has 0 aliphatic carbocycles. The molecule has 0 aliphatic rings. The Kier molecular flexibility index (Phi) is 5.39. The van der Waals surface area contributed by atoms with Crippen LogP contribution in [0.25, 0.3) is 0 Å². The first kappa shape index (κ1) is 15.6. The molecule has 4 heteroatoms. The molecule has 0 saturated heterocycles. The van der Waals surface area contributed by atoms with E-state index < -0.39 is 0 Å². The second-order valence-electron chi connectivity index (χ2n) is 5.36. The fourth-order valence-electron chi connectivity index (χ4n) is 2.37. The third kappa shape index (κ3) is 4.08. The van der Waals surface area contributed by atoms with Crippen molar-refractivity contribution in [2.75, 3.05) is 6.54 Å². The normalized spacial score (nSPS) is 12.6. The molecule has 0 aliphatic heterocycles. The minimum Gasteiger partial charge on any atom is -0.491 e. The van der Waals surface area contributed by atoms with Crippen molar-refractivity contribution in [1.29, 1.82) is 0 Å². The summed E-state index contributed by atoms with van der Waals surface area (Å²) in [5.41, 5.74) is 2.38. The summed E-state index contributed by atoms with van der Waals surface area (Å²) >= 11 is 0. The Morgan fingerprint density at radius 1 is 1.24 bits per heavy atom. The first-order chi connectivity index (χ1) is 10.1. The average molecular weight is 287 g/mol. The molecule has 0 radical (unpaired) electrons. The van der Waals surface area contributed by atoms with Gasteiger partial charge in [-0.1, -0.05) is 19.1 Å². The van der Waals surface area contributed by atoms with Crippen molar-refractivity contribution in [3.8, 4) is 5.75 Å². The molecule has 0 spiro atoms. The highest BCUT2D eigenvalue weighted by Gasteiger charge is 2.15. The summed E-state index contributed by atoms with van der Waals surface area (Å²) in [6.45, 7) is 10.1. The lowest BCUT2D eigenvalue weighted by atomic mass is 10.0. The second kappa shape index (κ2) is 7.27. The molecule has 114 valence electrons. The van der Waals surface area contributed by atoms with E-state index in [0.717, 1.165) is 18.8 Å². The van der Waals surface area contributed by atoms with Crippen molar-refractivity contribution in [2.24, 2.45) is 0 Å². The van der Waals surface area contributed by atoms with E-state index in [0.29, 0.717) is 0 Å². The Morgan fingerprint density at radius 2 is 2.05 bits per heavy atom. The van der Waals surface area contributed by atoms with Gasteiger partial charge in [0, 0.05) is 18.3 Å². The number of ether oxygens (including phenoxy) is 1. The van der Waals surface area contributed by atoms with Crippen LogP contribution in [0.15, 0.2) is 36.7 Å². The summed E-state index contributed by atoms with van der Waals surface area (Å²) in [4.78, 5) is 0. The number of hydrogen-bond acceptors (Lipinski definition) is 3. The number of aromatic nitrogens is 2. The smallest absolute Gasteiger partial charge is 0.120 e. The van der Waals surface area contributed by atoms with Gasteiger partial charge in [0.25, 0.3) is 0 Å². The van der Waals surface area contributed by atoms with E-state index in [-0.39, 0.29) is 12.1 Å². The maximum atomic E-state index is 5.80. The molecule has 2 rings (SSSR count). The number of nitrogens with zero attached hydrogens (tertiary/aromatic N) is 2. The zero-order valence-corrected chi connectivity index (χ0v) is 13.3. The Labute approximate surface area is 127 Å². The maximum absolute atomic E-state index is 5.80. The predicted octanol–water partition coefficient (Wildman–Crippen LogP) is 3.39. The topological polar surface area (TPSA) is 39.1 Å². The number of rotatable bonds is 7. The molecule has 0 bridgehead atoms. The summed E-state index contributed by atoms with van der Waals surface area (Å²) in [5.74, 6) is 0.910. The van der Waals surface area contributed by atoms with Gasteiger partial charge in [-0.3, -0.25) is 4.68 Å². The monoisotopic (exact) mass is 287 g/mol. The molecule has 1 unspecified atom stereocenters. The van der Waals surface area contributed by atoms with Crippen LogP contribution in [-0.2, 0) is 6.54 Å². The van der Waals surface area contributed by atoms with Crippen molar-refractivity contribution in [2.45, 2.75) is 46.4 Å². The Balaban J connectivity index is 2.29. The van der Waals surface area contributed by atoms with Crippen LogP contribution in [0.4, 0.5) is 0 Å². The van der Waals surface area contributed by atoms with Crippen molar-refractivity contribution in [1.82, 2.24) is 15.1 Å². The number of benzene rings is 1. The van der Waals surface area contributed by atoms with Gasteiger partial charge in [-0.05, 0) is 45.0 Å². The minimum atomic E-state index is 0.144. The highest BCUT2D eigenvalue weighted by atomic mass is 16.5. The molecule has 1 aromatic heterocycles. The molecule has 0 amide bonds. The second-order valence-corrected chi connectivity index (χ2v) is 5.36. The van der Waals surface area contributed by atoms with E-state index in [4.69, 9.17) is 4.74 Å². The minimum absolute atomic E-state index is 0.144. The molecule has 21 heavy (non-hydrogen) atoms. The van der Waals surface area contributed by atoms with Crippen LogP contribution in [0.5, 0.6) is 5.75 Å². The maximum Gasteiger partial charge on any atom is 0.120 e. The molecular weight excluding hydrogens is 262 g/mol. The van der Waals surface area contributed by atoms with Gasteiger partial charge < -0.3 is 10.1 Å². The van der Waals surface area contributed by atoms with Crippen LogP contribution in [0.3, 0.4) is 0 Å². The number of hydrogen-bond donors (Lipinski definition) is 1. The highest BCUT2D eigenvalue weighted by Crippen LogP contribution is 2.25. The fourth-order valence-corrected chi connectivity index (χ4v) is 2.37. The highest BCUT2D eigenvalue weighted by molar-refractivity contribution is 5.35. The molecule has 2 aromatic rings. The molecule has 1 atom stereocenters. The third-order valence-corrected chi connectivity index (χ3v) is 3.28. The van der Waals surface area contributed by atoms with Gasteiger partial charge >= 0.3 is 0 Å². The van der Waals surface area contributed by atoms with E-state index >= 15 is 0 Å². The third-order valence-electron chi connectivity index (χ3n) is 3.28. The van der Waals surface area contributed by atoms with Gasteiger partial charge in [0.1, 0.15) is 5.75 Å². The first-order valence-electron chi connectivity index (χ1n) is 7.66. The van der Waals surface area contributed by atoms with Crippen molar-refractivity contribution in [3.63, 3.8) is 0 Å². The summed E-state index contributed by atoms with van der Waals surface area (Å²) in [7, 11) is 0. The van der Waals surface area contributed by atoms with Gasteiger partial charge in [-0.15, -0.1) is 0 Å². The van der Waals surface area contributed by atoms with Crippen molar-refractivity contribution < 1.29 is 4.74 Å². The molecule has 1 aromatic carbocycles. The summed E-state index contributed by atoms with van der Waals surface area (Å²) in [6, 6.07) is 8.43. The summed E-state index contributed by atoms with van der Waals surface area (Å²) in [5, 5.41) is 7.90. The Morgan fingerprint density at radius 3 is 2.67 bits per heavy atom. The van der Waals surface area contributed by atoms with E-state index in [2.05, 4.69) is 42.6 Å². The fraction of sp³-hybridized carbons (Fsp3) is 0.471. The lowest BCUT2D eigenvalue weighted by Gasteiger charge is -2.18. The molecule has 1 heterocycles. The Bertz CT molecular complexity index is 563. The number of aryl methyl sites for hydroxylation is 1. The SMILES string of the molecule is CCNC(c1cccc(OC(C)C)c1)c1cnn(CC)c1. The summed E-state index contributed by atoms with van der Waals surface area (Å²) in [6.07, 6.45) is 4.22. The van der Waals surface area contributed by atoms with Crippen molar-refractivity contribution in [3.05, 3.63) is 47.8 Å². The Hall–Kier alpha value is -1.81. The number of nitrogens with one attached hydrogen (secondary N) is 1. The van der Waals surface area contributed by atoms with Gasteiger partial charge in [0.2, 0.25) is 0 Å². The van der Waals surface area contributed by atoms with Crippen LogP contribution >= 0.6 is 0 Å². The van der Waals surface area contributed by atoms with E-state index in [1.807, 2.05) is 36.9 Å². The summed E-state index contributed by atoms with van der Waals surface area (Å²) < 4.78 is 7.75. The van der Waals surface area contributed by atoms with Gasteiger partial charge in [-0.2, -0.15) is 5.10 Å². The lowest BCUT2D eigenvalue weighted by Crippen LogP contribution is -2.21.